The summed E-state index contributed by atoms with van der Waals surface area (Å²) >= 11 is 0. The number of halogens is 2. The largest absolute Gasteiger partial charge is 0.308 e. The third-order valence-electron chi connectivity index (χ3n) is 4.96. The lowest BCUT2D eigenvalue weighted by Crippen LogP contribution is -2.36. The Morgan fingerprint density at radius 1 is 1.04 bits per heavy atom. The summed E-state index contributed by atoms with van der Waals surface area (Å²) < 4.78 is 53.3. The first-order valence-electron chi connectivity index (χ1n) is 8.77. The Morgan fingerprint density at radius 2 is 1.85 bits per heavy atom. The van der Waals surface area contributed by atoms with Crippen LogP contribution in [0.5, 0.6) is 0 Å². The van der Waals surface area contributed by atoms with E-state index in [-0.39, 0.29) is 17.0 Å². The number of amides is 1. The van der Waals surface area contributed by atoms with E-state index in [1.165, 1.54) is 21.3 Å². The van der Waals surface area contributed by atoms with E-state index in [2.05, 4.69) is 0 Å². The monoisotopic (exact) mass is 392 g/mol. The fourth-order valence-electron chi connectivity index (χ4n) is 3.70. The standard InChI is InChI=1S/C19H18F2N2O3S/c20-14-11-17(21)16-6-2-7-22(18(16)12-14)19(24)13-4-1-5-15(10-13)23-8-3-9-27(23,25)26/h1,4-5,10-12H,2-3,6-9H2. The lowest BCUT2D eigenvalue weighted by atomic mass is 10.00. The minimum absolute atomic E-state index is 0.0865. The van der Waals surface area contributed by atoms with Gasteiger partial charge in [-0.05, 0) is 43.5 Å². The molecule has 2 aliphatic rings. The van der Waals surface area contributed by atoms with Crippen LogP contribution in [0.25, 0.3) is 0 Å². The van der Waals surface area contributed by atoms with Gasteiger partial charge < -0.3 is 4.90 Å². The summed E-state index contributed by atoms with van der Waals surface area (Å²) in [5, 5.41) is 0. The Kier molecular flexibility index (Phi) is 4.38. The van der Waals surface area contributed by atoms with Gasteiger partial charge in [-0.15, -0.1) is 0 Å². The molecule has 0 N–H and O–H groups in total. The molecule has 5 nitrogen and oxygen atoms in total. The van der Waals surface area contributed by atoms with E-state index in [9.17, 15) is 22.0 Å². The molecule has 0 saturated carbocycles. The van der Waals surface area contributed by atoms with Crippen LogP contribution in [0.1, 0.15) is 28.8 Å². The Balaban J connectivity index is 1.70. The summed E-state index contributed by atoms with van der Waals surface area (Å²) in [4.78, 5) is 14.4. The second kappa shape index (κ2) is 6.60. The lowest BCUT2D eigenvalue weighted by Gasteiger charge is -2.30. The van der Waals surface area contributed by atoms with Crippen LogP contribution in [0.3, 0.4) is 0 Å². The van der Waals surface area contributed by atoms with E-state index in [1.807, 2.05) is 0 Å². The summed E-state index contributed by atoms with van der Waals surface area (Å²) in [7, 11) is -3.36. The number of benzene rings is 2. The highest BCUT2D eigenvalue weighted by atomic mass is 32.2. The van der Waals surface area contributed by atoms with E-state index in [0.717, 1.165) is 6.07 Å². The summed E-state index contributed by atoms with van der Waals surface area (Å²) in [6.07, 6.45) is 1.55. The predicted octanol–water partition coefficient (Wildman–Crippen LogP) is 3.10. The summed E-state index contributed by atoms with van der Waals surface area (Å²) in [5.74, 6) is -1.70. The minimum Gasteiger partial charge on any atom is -0.308 e. The average molecular weight is 392 g/mol. The van der Waals surface area contributed by atoms with Gasteiger partial charge in [-0.3, -0.25) is 9.10 Å². The van der Waals surface area contributed by atoms with Gasteiger partial charge >= 0.3 is 0 Å². The Bertz CT molecular complexity index is 1020. The number of rotatable bonds is 2. The van der Waals surface area contributed by atoms with E-state index in [1.54, 1.807) is 18.2 Å². The number of fused-ring (bicyclic) bond motifs is 1. The van der Waals surface area contributed by atoms with Gasteiger partial charge in [0.1, 0.15) is 11.6 Å². The highest BCUT2D eigenvalue weighted by molar-refractivity contribution is 7.93. The van der Waals surface area contributed by atoms with Gasteiger partial charge in [0, 0.05) is 30.3 Å². The van der Waals surface area contributed by atoms with Gasteiger partial charge in [-0.2, -0.15) is 0 Å². The third-order valence-corrected chi connectivity index (χ3v) is 6.83. The van der Waals surface area contributed by atoms with Crippen LogP contribution in [0, 0.1) is 11.6 Å². The van der Waals surface area contributed by atoms with Gasteiger partial charge in [-0.25, -0.2) is 17.2 Å². The van der Waals surface area contributed by atoms with E-state index in [4.69, 9.17) is 0 Å². The third kappa shape index (κ3) is 3.18. The SMILES string of the molecule is O=C(c1cccc(N2CCCS2(=O)=O)c1)N1CCCc2c(F)cc(F)cc21. The zero-order valence-corrected chi connectivity index (χ0v) is 15.3. The molecule has 1 saturated heterocycles. The van der Waals surface area contributed by atoms with Gasteiger partial charge in [0.15, 0.2) is 0 Å². The van der Waals surface area contributed by atoms with Crippen molar-refractivity contribution in [3.63, 3.8) is 0 Å². The van der Waals surface area contributed by atoms with Crippen LogP contribution < -0.4 is 9.21 Å². The molecule has 27 heavy (non-hydrogen) atoms. The predicted molar refractivity (Wildman–Crippen MR) is 98.5 cm³/mol. The van der Waals surface area contributed by atoms with Crippen molar-refractivity contribution in [3.8, 4) is 0 Å². The number of carbonyl (C=O) groups excluding carboxylic acids is 1. The number of sulfonamides is 1. The highest BCUT2D eigenvalue weighted by Crippen LogP contribution is 2.32. The van der Waals surface area contributed by atoms with Crippen LogP contribution in [0.4, 0.5) is 20.2 Å². The maximum atomic E-state index is 14.1. The zero-order valence-electron chi connectivity index (χ0n) is 14.5. The molecular formula is C19H18F2N2O3S. The molecule has 142 valence electrons. The fourth-order valence-corrected chi connectivity index (χ4v) is 5.26. The molecule has 0 aliphatic carbocycles. The molecule has 1 fully saturated rings. The number of hydrogen-bond acceptors (Lipinski definition) is 3. The summed E-state index contributed by atoms with van der Waals surface area (Å²) in [6, 6.07) is 8.36. The van der Waals surface area contributed by atoms with Gasteiger partial charge in [-0.1, -0.05) is 6.07 Å². The number of carbonyl (C=O) groups is 1. The molecule has 8 heteroatoms. The normalized spacial score (nSPS) is 18.4. The van der Waals surface area contributed by atoms with Crippen LogP contribution in [0.2, 0.25) is 0 Å². The Labute approximate surface area is 156 Å². The molecule has 0 aromatic heterocycles. The summed E-state index contributed by atoms with van der Waals surface area (Å²) in [6.45, 7) is 0.726. The van der Waals surface area contributed by atoms with Crippen molar-refractivity contribution in [3.05, 3.63) is 59.2 Å². The number of hydrogen-bond donors (Lipinski definition) is 0. The van der Waals surface area contributed by atoms with Crippen molar-refractivity contribution in [1.29, 1.82) is 0 Å². The topological polar surface area (TPSA) is 57.7 Å². The molecule has 2 heterocycles. The van der Waals surface area contributed by atoms with Crippen molar-refractivity contribution in [2.75, 3.05) is 28.0 Å². The van der Waals surface area contributed by atoms with Crippen LogP contribution in [0.15, 0.2) is 36.4 Å². The average Bonchev–Trinajstić information content (AvgIpc) is 3.00. The van der Waals surface area contributed by atoms with Crippen LogP contribution in [-0.4, -0.2) is 33.2 Å². The first kappa shape index (κ1) is 17.9. The van der Waals surface area contributed by atoms with Crippen molar-refractivity contribution in [2.24, 2.45) is 0 Å². The molecule has 0 radical (unpaired) electrons. The highest BCUT2D eigenvalue weighted by Gasteiger charge is 2.30. The second-order valence-electron chi connectivity index (χ2n) is 6.74. The quantitative estimate of drug-likeness (QED) is 0.789. The second-order valence-corrected chi connectivity index (χ2v) is 8.75. The minimum atomic E-state index is -3.36. The van der Waals surface area contributed by atoms with Crippen LogP contribution >= 0.6 is 0 Å². The fraction of sp³-hybridized carbons (Fsp3) is 0.316. The van der Waals surface area contributed by atoms with Crippen LogP contribution in [-0.2, 0) is 16.4 Å². The molecule has 0 bridgehead atoms. The van der Waals surface area contributed by atoms with Gasteiger partial charge in [0.2, 0.25) is 10.0 Å². The zero-order chi connectivity index (χ0) is 19.2. The molecule has 2 aromatic rings. The maximum Gasteiger partial charge on any atom is 0.258 e. The first-order chi connectivity index (χ1) is 12.9. The van der Waals surface area contributed by atoms with E-state index in [0.29, 0.717) is 43.6 Å². The molecule has 4 rings (SSSR count). The van der Waals surface area contributed by atoms with Crippen molar-refractivity contribution in [2.45, 2.75) is 19.3 Å². The van der Waals surface area contributed by atoms with Gasteiger partial charge in [0.25, 0.3) is 5.91 Å². The molecule has 2 aromatic carbocycles. The van der Waals surface area contributed by atoms with Crippen molar-refractivity contribution < 1.29 is 22.0 Å². The Hall–Kier alpha value is -2.48. The van der Waals surface area contributed by atoms with E-state index >= 15 is 0 Å². The molecule has 0 unspecified atom stereocenters. The van der Waals surface area contributed by atoms with Gasteiger partial charge in [0.05, 0.1) is 17.1 Å². The molecule has 0 atom stereocenters. The summed E-state index contributed by atoms with van der Waals surface area (Å²) in [5.41, 5.74) is 1.28. The number of nitrogens with zero attached hydrogens (tertiary/aromatic N) is 2. The molecule has 1 amide bonds. The smallest absolute Gasteiger partial charge is 0.258 e. The number of anilines is 2. The first-order valence-corrected chi connectivity index (χ1v) is 10.4. The maximum absolute atomic E-state index is 14.1. The molecular weight excluding hydrogens is 374 g/mol. The lowest BCUT2D eigenvalue weighted by molar-refractivity contribution is 0.0985. The molecule has 2 aliphatic heterocycles. The Morgan fingerprint density at radius 3 is 2.59 bits per heavy atom. The molecule has 0 spiro atoms. The van der Waals surface area contributed by atoms with Crippen molar-refractivity contribution in [1.82, 2.24) is 0 Å². The van der Waals surface area contributed by atoms with Crippen molar-refractivity contribution >= 4 is 27.3 Å². The van der Waals surface area contributed by atoms with E-state index < -0.39 is 27.6 Å².